The van der Waals surface area contributed by atoms with E-state index >= 15 is 0 Å². The van der Waals surface area contributed by atoms with E-state index in [1.807, 2.05) is 32.0 Å². The van der Waals surface area contributed by atoms with Crippen LogP contribution in [0.4, 0.5) is 5.69 Å². The number of benzene rings is 2. The van der Waals surface area contributed by atoms with Crippen LogP contribution in [0, 0.1) is 6.92 Å². The molecule has 114 valence electrons. The molecule has 2 aromatic rings. The van der Waals surface area contributed by atoms with Gasteiger partial charge in [0.05, 0.1) is 17.9 Å². The molecule has 0 bridgehead atoms. The molecule has 0 atom stereocenters. The highest BCUT2D eigenvalue weighted by molar-refractivity contribution is 6.07. The lowest BCUT2D eigenvalue weighted by molar-refractivity contribution is 0.102. The van der Waals surface area contributed by atoms with E-state index in [2.05, 4.69) is 5.32 Å². The van der Waals surface area contributed by atoms with E-state index in [1.165, 1.54) is 0 Å². The summed E-state index contributed by atoms with van der Waals surface area (Å²) in [6, 6.07) is 10.9. The van der Waals surface area contributed by atoms with Crippen molar-refractivity contribution in [2.24, 2.45) is 0 Å². The zero-order valence-corrected chi connectivity index (χ0v) is 12.5. The second-order valence-electron chi connectivity index (χ2n) is 4.93. The van der Waals surface area contributed by atoms with Crippen molar-refractivity contribution < 1.29 is 19.0 Å². The van der Waals surface area contributed by atoms with Gasteiger partial charge >= 0.3 is 0 Å². The summed E-state index contributed by atoms with van der Waals surface area (Å²) in [4.78, 5) is 12.5. The Hall–Kier alpha value is -2.69. The molecule has 1 aliphatic rings. The summed E-state index contributed by atoms with van der Waals surface area (Å²) in [5.41, 5.74) is 2.14. The van der Waals surface area contributed by atoms with Crippen LogP contribution in [-0.2, 0) is 0 Å². The summed E-state index contributed by atoms with van der Waals surface area (Å²) in [6.45, 7) is 4.55. The topological polar surface area (TPSA) is 56.8 Å². The van der Waals surface area contributed by atoms with Crippen LogP contribution in [0.15, 0.2) is 36.4 Å². The first kappa shape index (κ1) is 14.3. The van der Waals surface area contributed by atoms with Gasteiger partial charge in [-0.05, 0) is 43.7 Å². The smallest absolute Gasteiger partial charge is 0.259 e. The maximum absolute atomic E-state index is 12.5. The van der Waals surface area contributed by atoms with E-state index in [-0.39, 0.29) is 12.7 Å². The van der Waals surface area contributed by atoms with E-state index in [1.54, 1.807) is 18.2 Å². The molecule has 5 heteroatoms. The summed E-state index contributed by atoms with van der Waals surface area (Å²) in [5.74, 6) is 1.46. The number of carbonyl (C=O) groups excluding carboxylic acids is 1. The quantitative estimate of drug-likeness (QED) is 0.940. The lowest BCUT2D eigenvalue weighted by Gasteiger charge is -2.13. The number of amides is 1. The minimum absolute atomic E-state index is 0.133. The number of anilines is 1. The fourth-order valence-corrected chi connectivity index (χ4v) is 2.31. The summed E-state index contributed by atoms with van der Waals surface area (Å²) in [5, 5.41) is 2.87. The molecule has 0 spiro atoms. The third-order valence-electron chi connectivity index (χ3n) is 3.33. The van der Waals surface area contributed by atoms with E-state index in [9.17, 15) is 4.79 Å². The molecule has 0 fully saturated rings. The Bertz CT molecular complexity index is 712. The number of para-hydroxylation sites is 1. The Kier molecular flexibility index (Phi) is 3.87. The van der Waals surface area contributed by atoms with Gasteiger partial charge in [-0.3, -0.25) is 4.79 Å². The molecule has 0 radical (unpaired) electrons. The second-order valence-corrected chi connectivity index (χ2v) is 4.93. The number of aryl methyl sites for hydroxylation is 1. The van der Waals surface area contributed by atoms with Gasteiger partial charge in [-0.25, -0.2) is 0 Å². The van der Waals surface area contributed by atoms with Gasteiger partial charge < -0.3 is 19.5 Å². The minimum Gasteiger partial charge on any atom is -0.492 e. The van der Waals surface area contributed by atoms with Gasteiger partial charge in [-0.15, -0.1) is 0 Å². The average molecular weight is 299 g/mol. The van der Waals surface area contributed by atoms with Gasteiger partial charge in [0, 0.05) is 0 Å². The molecule has 0 aliphatic carbocycles. The zero-order valence-electron chi connectivity index (χ0n) is 12.5. The molecule has 1 N–H and O–H groups in total. The summed E-state index contributed by atoms with van der Waals surface area (Å²) in [6.07, 6.45) is 0. The number of rotatable bonds is 4. The normalized spacial score (nSPS) is 12.1. The molecular weight excluding hydrogens is 282 g/mol. The SMILES string of the molecule is CCOc1cc(C)ccc1NC(=O)c1cccc2c1OCO2. The maximum atomic E-state index is 12.5. The van der Waals surface area contributed by atoms with Crippen molar-refractivity contribution in [1.82, 2.24) is 0 Å². The van der Waals surface area contributed by atoms with Crippen LogP contribution in [0.3, 0.4) is 0 Å². The number of nitrogens with one attached hydrogen (secondary N) is 1. The molecule has 22 heavy (non-hydrogen) atoms. The lowest BCUT2D eigenvalue weighted by atomic mass is 10.1. The van der Waals surface area contributed by atoms with Gasteiger partial charge in [-0.1, -0.05) is 12.1 Å². The Morgan fingerprint density at radius 2 is 2.14 bits per heavy atom. The molecule has 1 heterocycles. The van der Waals surface area contributed by atoms with E-state index in [0.717, 1.165) is 5.56 Å². The molecule has 0 saturated carbocycles. The largest absolute Gasteiger partial charge is 0.492 e. The van der Waals surface area contributed by atoms with Crippen molar-refractivity contribution in [3.63, 3.8) is 0 Å². The van der Waals surface area contributed by atoms with Crippen LogP contribution in [-0.4, -0.2) is 19.3 Å². The Morgan fingerprint density at radius 1 is 1.27 bits per heavy atom. The number of hydrogen-bond acceptors (Lipinski definition) is 4. The third-order valence-corrected chi connectivity index (χ3v) is 3.33. The van der Waals surface area contributed by atoms with Gasteiger partial charge in [0.15, 0.2) is 11.5 Å². The Morgan fingerprint density at radius 3 is 2.95 bits per heavy atom. The molecule has 1 aliphatic heterocycles. The first-order chi connectivity index (χ1) is 10.7. The number of ether oxygens (including phenoxy) is 3. The minimum atomic E-state index is -0.257. The average Bonchev–Trinajstić information content (AvgIpc) is 2.98. The molecule has 0 saturated heterocycles. The molecule has 3 rings (SSSR count). The third kappa shape index (κ3) is 2.70. The zero-order chi connectivity index (χ0) is 15.5. The van der Waals surface area contributed by atoms with E-state index in [4.69, 9.17) is 14.2 Å². The summed E-state index contributed by atoms with van der Waals surface area (Å²) in [7, 11) is 0. The van der Waals surface area contributed by atoms with Crippen molar-refractivity contribution in [2.75, 3.05) is 18.7 Å². The molecule has 0 aromatic heterocycles. The molecule has 2 aromatic carbocycles. The van der Waals surface area contributed by atoms with Crippen molar-refractivity contribution in [3.05, 3.63) is 47.5 Å². The first-order valence-electron chi connectivity index (χ1n) is 7.12. The fraction of sp³-hybridized carbons (Fsp3) is 0.235. The van der Waals surface area contributed by atoms with Gasteiger partial charge in [-0.2, -0.15) is 0 Å². The van der Waals surface area contributed by atoms with Crippen LogP contribution < -0.4 is 19.5 Å². The summed E-state index contributed by atoms with van der Waals surface area (Å²) >= 11 is 0. The highest BCUT2D eigenvalue weighted by atomic mass is 16.7. The lowest BCUT2D eigenvalue weighted by Crippen LogP contribution is -2.13. The van der Waals surface area contributed by atoms with Crippen LogP contribution in [0.5, 0.6) is 17.2 Å². The maximum Gasteiger partial charge on any atom is 0.259 e. The van der Waals surface area contributed by atoms with E-state index in [0.29, 0.717) is 35.1 Å². The fourth-order valence-electron chi connectivity index (χ4n) is 2.31. The van der Waals surface area contributed by atoms with Crippen LogP contribution in [0.25, 0.3) is 0 Å². The van der Waals surface area contributed by atoms with E-state index < -0.39 is 0 Å². The van der Waals surface area contributed by atoms with Gasteiger partial charge in [0.25, 0.3) is 5.91 Å². The standard InChI is InChI=1S/C17H17NO4/c1-3-20-15-9-11(2)7-8-13(15)18-17(19)12-5-4-6-14-16(12)22-10-21-14/h4-9H,3,10H2,1-2H3,(H,18,19). The Balaban J connectivity index is 1.88. The van der Waals surface area contributed by atoms with Gasteiger partial charge in [0.1, 0.15) is 5.75 Å². The monoisotopic (exact) mass is 299 g/mol. The highest BCUT2D eigenvalue weighted by Gasteiger charge is 2.22. The molecule has 5 nitrogen and oxygen atoms in total. The molecule has 1 amide bonds. The number of carbonyl (C=O) groups is 1. The van der Waals surface area contributed by atoms with Gasteiger partial charge in [0.2, 0.25) is 6.79 Å². The molecular formula is C17H17NO4. The Labute approximate surface area is 128 Å². The number of fused-ring (bicyclic) bond motifs is 1. The predicted octanol–water partition coefficient (Wildman–Crippen LogP) is 3.37. The van der Waals surface area contributed by atoms with Crippen LogP contribution in [0.1, 0.15) is 22.8 Å². The van der Waals surface area contributed by atoms with Crippen LogP contribution in [0.2, 0.25) is 0 Å². The van der Waals surface area contributed by atoms with Crippen molar-refractivity contribution >= 4 is 11.6 Å². The first-order valence-corrected chi connectivity index (χ1v) is 7.12. The van der Waals surface area contributed by atoms with Crippen LogP contribution >= 0.6 is 0 Å². The van der Waals surface area contributed by atoms with Crippen molar-refractivity contribution in [2.45, 2.75) is 13.8 Å². The summed E-state index contributed by atoms with van der Waals surface area (Å²) < 4.78 is 16.2. The second kappa shape index (κ2) is 5.97. The van der Waals surface area contributed by atoms with Crippen molar-refractivity contribution in [3.8, 4) is 17.2 Å². The highest BCUT2D eigenvalue weighted by Crippen LogP contribution is 2.36. The molecule has 0 unspecified atom stereocenters. The van der Waals surface area contributed by atoms with Crippen molar-refractivity contribution in [1.29, 1.82) is 0 Å². The number of hydrogen-bond donors (Lipinski definition) is 1. The predicted molar refractivity (Wildman–Crippen MR) is 82.9 cm³/mol.